The summed E-state index contributed by atoms with van der Waals surface area (Å²) in [5.74, 6) is -1.79. The molecular weight excluding hydrogens is 288 g/mol. The third kappa shape index (κ3) is 3.05. The number of nitrogens with one attached hydrogen (secondary N) is 1. The Balaban J connectivity index is 1.67. The average Bonchev–Trinajstić information content (AvgIpc) is 2.98. The predicted octanol–water partition coefficient (Wildman–Crippen LogP) is 2.69. The first-order valence-electron chi connectivity index (χ1n) is 7.04. The first-order chi connectivity index (χ1) is 10.6. The first kappa shape index (κ1) is 14.4. The van der Waals surface area contributed by atoms with E-state index in [9.17, 15) is 13.6 Å². The van der Waals surface area contributed by atoms with Crippen LogP contribution in [0, 0.1) is 11.6 Å². The summed E-state index contributed by atoms with van der Waals surface area (Å²) in [4.78, 5) is 17.8. The van der Waals surface area contributed by atoms with Gasteiger partial charge in [0.05, 0.1) is 11.3 Å². The first-order valence-corrected chi connectivity index (χ1v) is 7.04. The molecule has 114 valence electrons. The van der Waals surface area contributed by atoms with Crippen LogP contribution >= 0.6 is 0 Å². The van der Waals surface area contributed by atoms with E-state index in [1.54, 1.807) is 12.4 Å². The minimum atomic E-state index is -0.699. The number of aromatic nitrogens is 1. The minimum Gasteiger partial charge on any atom is -0.379 e. The zero-order valence-corrected chi connectivity index (χ0v) is 11.8. The van der Waals surface area contributed by atoms with Gasteiger partial charge in [0.25, 0.3) is 5.91 Å². The van der Waals surface area contributed by atoms with Crippen molar-refractivity contribution in [1.82, 2.24) is 9.88 Å². The fourth-order valence-electron chi connectivity index (χ4n) is 2.58. The molecule has 0 spiro atoms. The number of benzene rings is 1. The lowest BCUT2D eigenvalue weighted by molar-refractivity contribution is 0.0786. The van der Waals surface area contributed by atoms with Gasteiger partial charge in [-0.3, -0.25) is 9.78 Å². The molecular formula is C16H15F2N3O. The van der Waals surface area contributed by atoms with Crippen molar-refractivity contribution in [2.24, 2.45) is 0 Å². The van der Waals surface area contributed by atoms with E-state index in [0.717, 1.165) is 30.3 Å². The molecule has 0 aliphatic carbocycles. The van der Waals surface area contributed by atoms with E-state index in [2.05, 4.69) is 10.3 Å². The largest absolute Gasteiger partial charge is 0.379 e. The van der Waals surface area contributed by atoms with Gasteiger partial charge in [-0.15, -0.1) is 0 Å². The van der Waals surface area contributed by atoms with Crippen molar-refractivity contribution in [2.45, 2.75) is 12.5 Å². The summed E-state index contributed by atoms with van der Waals surface area (Å²) in [6.45, 7) is 0.955. The second-order valence-electron chi connectivity index (χ2n) is 5.25. The fraction of sp³-hybridized carbons (Fsp3) is 0.250. The number of pyridine rings is 1. The number of nitrogens with zero attached hydrogens (tertiary/aromatic N) is 2. The molecule has 4 nitrogen and oxygen atoms in total. The van der Waals surface area contributed by atoms with E-state index in [0.29, 0.717) is 13.1 Å². The van der Waals surface area contributed by atoms with E-state index in [4.69, 9.17) is 0 Å². The Hall–Kier alpha value is -2.50. The second-order valence-corrected chi connectivity index (χ2v) is 5.25. The average molecular weight is 303 g/mol. The minimum absolute atomic E-state index is 0.0739. The monoisotopic (exact) mass is 303 g/mol. The molecule has 6 heteroatoms. The van der Waals surface area contributed by atoms with Crippen LogP contribution in [0.5, 0.6) is 0 Å². The van der Waals surface area contributed by atoms with Gasteiger partial charge in [-0.05, 0) is 36.8 Å². The lowest BCUT2D eigenvalue weighted by Crippen LogP contribution is -2.32. The third-order valence-corrected chi connectivity index (χ3v) is 3.67. The maximum atomic E-state index is 13.7. The van der Waals surface area contributed by atoms with E-state index in [1.807, 2.05) is 12.1 Å². The number of rotatable bonds is 3. The Morgan fingerprint density at radius 2 is 2.18 bits per heavy atom. The smallest absolute Gasteiger partial charge is 0.257 e. The summed E-state index contributed by atoms with van der Waals surface area (Å²) >= 11 is 0. The van der Waals surface area contributed by atoms with Gasteiger partial charge in [0, 0.05) is 31.5 Å². The Morgan fingerprint density at radius 1 is 1.32 bits per heavy atom. The van der Waals surface area contributed by atoms with Crippen molar-refractivity contribution < 1.29 is 13.6 Å². The molecule has 2 heterocycles. The van der Waals surface area contributed by atoms with Crippen LogP contribution in [0.3, 0.4) is 0 Å². The highest BCUT2D eigenvalue weighted by Crippen LogP contribution is 2.19. The lowest BCUT2D eigenvalue weighted by atomic mass is 10.2. The molecule has 0 radical (unpaired) electrons. The molecule has 0 bridgehead atoms. The molecule has 1 fully saturated rings. The normalized spacial score (nSPS) is 17.5. The molecule has 1 aromatic carbocycles. The molecule has 22 heavy (non-hydrogen) atoms. The van der Waals surface area contributed by atoms with Gasteiger partial charge in [-0.2, -0.15) is 0 Å². The number of carbonyl (C=O) groups excluding carboxylic acids is 1. The molecule has 0 saturated carbocycles. The number of hydrogen-bond acceptors (Lipinski definition) is 3. The number of anilines is 1. The van der Waals surface area contributed by atoms with Gasteiger partial charge in [-0.25, -0.2) is 8.78 Å². The van der Waals surface area contributed by atoms with Crippen LogP contribution in [0.4, 0.5) is 14.5 Å². The van der Waals surface area contributed by atoms with Crippen molar-refractivity contribution in [3.63, 3.8) is 0 Å². The zero-order valence-electron chi connectivity index (χ0n) is 11.8. The van der Waals surface area contributed by atoms with Crippen molar-refractivity contribution >= 4 is 11.6 Å². The summed E-state index contributed by atoms with van der Waals surface area (Å²) in [5.41, 5.74) is 0.653. The quantitative estimate of drug-likeness (QED) is 0.948. The molecule has 1 aliphatic heterocycles. The third-order valence-electron chi connectivity index (χ3n) is 3.67. The van der Waals surface area contributed by atoms with Crippen LogP contribution in [0.25, 0.3) is 0 Å². The molecule has 1 N–H and O–H groups in total. The highest BCUT2D eigenvalue weighted by molar-refractivity contribution is 5.94. The Labute approximate surface area is 126 Å². The number of carbonyl (C=O) groups is 1. The zero-order chi connectivity index (χ0) is 15.5. The Bertz CT molecular complexity index is 678. The van der Waals surface area contributed by atoms with Crippen LogP contribution in [0.1, 0.15) is 16.8 Å². The molecule has 2 aromatic rings. The maximum Gasteiger partial charge on any atom is 0.257 e. The standard InChI is InChI=1S/C16H15F2N3O/c17-11-3-4-15(18)14(8-11)16(22)21-7-5-13(10-21)20-12-2-1-6-19-9-12/h1-4,6,8-9,13,20H,5,7,10H2/t13-/m1/s1. The Morgan fingerprint density at radius 3 is 2.95 bits per heavy atom. The van der Waals surface area contributed by atoms with Gasteiger partial charge in [0.1, 0.15) is 11.6 Å². The number of halogens is 2. The van der Waals surface area contributed by atoms with E-state index >= 15 is 0 Å². The molecule has 1 aromatic heterocycles. The number of hydrogen-bond donors (Lipinski definition) is 1. The molecule has 1 atom stereocenters. The second kappa shape index (κ2) is 6.09. The number of amides is 1. The fourth-order valence-corrected chi connectivity index (χ4v) is 2.58. The molecule has 1 aliphatic rings. The SMILES string of the molecule is O=C(c1cc(F)ccc1F)N1CC[C@@H](Nc2cccnc2)C1. The van der Waals surface area contributed by atoms with Gasteiger partial charge >= 0.3 is 0 Å². The maximum absolute atomic E-state index is 13.7. The lowest BCUT2D eigenvalue weighted by Gasteiger charge is -2.18. The molecule has 1 amide bonds. The molecule has 3 rings (SSSR count). The van der Waals surface area contributed by atoms with Crippen molar-refractivity contribution in [1.29, 1.82) is 0 Å². The summed E-state index contributed by atoms with van der Waals surface area (Å²) in [7, 11) is 0. The van der Waals surface area contributed by atoms with Crippen LogP contribution in [0.15, 0.2) is 42.7 Å². The topological polar surface area (TPSA) is 45.2 Å². The van der Waals surface area contributed by atoms with Crippen molar-refractivity contribution in [3.8, 4) is 0 Å². The highest BCUT2D eigenvalue weighted by Gasteiger charge is 2.28. The number of likely N-dealkylation sites (tertiary alicyclic amines) is 1. The van der Waals surface area contributed by atoms with Gasteiger partial charge in [0.2, 0.25) is 0 Å². The summed E-state index contributed by atoms with van der Waals surface area (Å²) in [6, 6.07) is 6.71. The van der Waals surface area contributed by atoms with Crippen LogP contribution in [0.2, 0.25) is 0 Å². The van der Waals surface area contributed by atoms with Gasteiger partial charge in [-0.1, -0.05) is 0 Å². The van der Waals surface area contributed by atoms with Gasteiger partial charge in [0.15, 0.2) is 0 Å². The van der Waals surface area contributed by atoms with E-state index in [-0.39, 0.29) is 11.6 Å². The Kier molecular flexibility index (Phi) is 4.00. The van der Waals surface area contributed by atoms with Crippen LogP contribution in [-0.4, -0.2) is 34.9 Å². The predicted molar refractivity (Wildman–Crippen MR) is 78.5 cm³/mol. The summed E-state index contributed by atoms with van der Waals surface area (Å²) in [6.07, 6.45) is 4.14. The summed E-state index contributed by atoms with van der Waals surface area (Å²) in [5, 5.41) is 3.28. The van der Waals surface area contributed by atoms with E-state index < -0.39 is 17.5 Å². The molecule has 0 unspecified atom stereocenters. The van der Waals surface area contributed by atoms with Crippen LogP contribution < -0.4 is 5.32 Å². The van der Waals surface area contributed by atoms with Crippen LogP contribution in [-0.2, 0) is 0 Å². The molecule has 1 saturated heterocycles. The van der Waals surface area contributed by atoms with Crippen molar-refractivity contribution in [2.75, 3.05) is 18.4 Å². The highest BCUT2D eigenvalue weighted by atomic mass is 19.1. The van der Waals surface area contributed by atoms with Gasteiger partial charge < -0.3 is 10.2 Å². The van der Waals surface area contributed by atoms with E-state index in [1.165, 1.54) is 4.90 Å². The summed E-state index contributed by atoms with van der Waals surface area (Å²) < 4.78 is 26.9. The van der Waals surface area contributed by atoms with Crippen molar-refractivity contribution in [3.05, 3.63) is 59.9 Å².